The van der Waals surface area contributed by atoms with Gasteiger partial charge in [0, 0.05) is 25.1 Å². The molecule has 2 aromatic heterocycles. The number of carbonyl (C=O) groups excluding carboxylic acids is 3. The lowest BCUT2D eigenvalue weighted by Gasteiger charge is -2.30. The molecule has 2 aromatic carbocycles. The maximum absolute atomic E-state index is 13.8. The Kier molecular flexibility index (Phi) is 14.0. The van der Waals surface area contributed by atoms with E-state index < -0.39 is 42.3 Å². The van der Waals surface area contributed by atoms with Crippen molar-refractivity contribution < 1.29 is 33.2 Å². The van der Waals surface area contributed by atoms with Crippen LogP contribution in [0.1, 0.15) is 68.5 Å². The summed E-state index contributed by atoms with van der Waals surface area (Å²) in [6, 6.07) is 18.0. The monoisotopic (exact) mass is 688 g/mol. The van der Waals surface area contributed by atoms with Crippen LogP contribution in [0.15, 0.2) is 88.1 Å². The second-order valence-corrected chi connectivity index (χ2v) is 13.1. The van der Waals surface area contributed by atoms with Crippen molar-refractivity contribution in [1.82, 2.24) is 31.0 Å². The standard InChI is InChI=1S/C37H48N6O7/c1-24(2)33(42-36(46)43(5)21-29-22-48-35(40-29)25(3)4)34(45)39-28(18-26-12-8-6-9-13-26)20-32(44)31(19-27-14-10-7-11-15-27)41-37(47)49-23-30-16-17-38-50-30/h6-17,22,24-25,28,31-33,44H,18-21,23H2,1-5H3,(H,39,45)(H,41,47)(H,42,46)/t28-,31-,32-,33-/m0/s1. The second-order valence-electron chi connectivity index (χ2n) is 13.1. The van der Waals surface area contributed by atoms with Gasteiger partial charge in [-0.2, -0.15) is 0 Å². The molecule has 0 unspecified atom stereocenters. The highest BCUT2D eigenvalue weighted by Crippen LogP contribution is 2.17. The molecule has 0 fully saturated rings. The van der Waals surface area contributed by atoms with Crippen LogP contribution < -0.4 is 16.0 Å². The Bertz CT molecular complexity index is 1610. The Hall–Kier alpha value is -5.17. The highest BCUT2D eigenvalue weighted by atomic mass is 16.6. The summed E-state index contributed by atoms with van der Waals surface area (Å²) in [6.45, 7) is 7.72. The molecule has 4 amide bonds. The minimum Gasteiger partial charge on any atom is -0.448 e. The third kappa shape index (κ3) is 11.8. The molecule has 50 heavy (non-hydrogen) atoms. The summed E-state index contributed by atoms with van der Waals surface area (Å²) in [6.07, 6.45) is 1.98. The van der Waals surface area contributed by atoms with Crippen LogP contribution >= 0.6 is 0 Å². The molecular weight excluding hydrogens is 640 g/mol. The molecule has 268 valence electrons. The number of aliphatic hydroxyl groups is 1. The number of amides is 4. The molecular formula is C37H48N6O7. The first-order valence-electron chi connectivity index (χ1n) is 16.8. The van der Waals surface area contributed by atoms with Crippen molar-refractivity contribution in [1.29, 1.82) is 0 Å². The van der Waals surface area contributed by atoms with Gasteiger partial charge in [0.15, 0.2) is 18.3 Å². The first-order valence-corrected chi connectivity index (χ1v) is 16.8. The highest BCUT2D eigenvalue weighted by Gasteiger charge is 2.31. The van der Waals surface area contributed by atoms with Crippen molar-refractivity contribution in [3.63, 3.8) is 0 Å². The number of rotatable bonds is 17. The molecule has 0 spiro atoms. The van der Waals surface area contributed by atoms with Gasteiger partial charge in [-0.15, -0.1) is 0 Å². The molecule has 4 N–H and O–H groups in total. The average Bonchev–Trinajstić information content (AvgIpc) is 3.79. The van der Waals surface area contributed by atoms with Gasteiger partial charge in [-0.3, -0.25) is 4.79 Å². The molecule has 4 rings (SSSR count). The van der Waals surface area contributed by atoms with Gasteiger partial charge in [0.05, 0.1) is 30.6 Å². The fraction of sp³-hybridized carbons (Fsp3) is 0.432. The van der Waals surface area contributed by atoms with Gasteiger partial charge in [0.25, 0.3) is 0 Å². The zero-order chi connectivity index (χ0) is 36.0. The maximum Gasteiger partial charge on any atom is 0.407 e. The van der Waals surface area contributed by atoms with Crippen molar-refractivity contribution in [3.8, 4) is 0 Å². The van der Waals surface area contributed by atoms with Crippen LogP contribution in [-0.4, -0.2) is 69.5 Å². The third-order valence-corrected chi connectivity index (χ3v) is 8.14. The normalized spacial score (nSPS) is 13.7. The molecule has 0 aliphatic rings. The Morgan fingerprint density at radius 3 is 2.14 bits per heavy atom. The van der Waals surface area contributed by atoms with Gasteiger partial charge in [0.2, 0.25) is 5.91 Å². The molecule has 13 heteroatoms. The lowest BCUT2D eigenvalue weighted by atomic mass is 9.93. The van der Waals surface area contributed by atoms with Crippen LogP contribution in [-0.2, 0) is 35.5 Å². The number of hydrogen-bond donors (Lipinski definition) is 4. The Balaban J connectivity index is 1.46. The number of hydrogen-bond acceptors (Lipinski definition) is 9. The minimum absolute atomic E-state index is 0.101. The summed E-state index contributed by atoms with van der Waals surface area (Å²) in [5, 5.41) is 24.0. The summed E-state index contributed by atoms with van der Waals surface area (Å²) in [5.41, 5.74) is 2.45. The number of aliphatic hydroxyl groups excluding tert-OH is 1. The van der Waals surface area contributed by atoms with Gasteiger partial charge in [-0.25, -0.2) is 14.6 Å². The van der Waals surface area contributed by atoms with E-state index in [0.717, 1.165) is 11.1 Å². The van der Waals surface area contributed by atoms with E-state index in [0.29, 0.717) is 30.2 Å². The molecule has 4 atom stereocenters. The van der Waals surface area contributed by atoms with E-state index in [-0.39, 0.29) is 31.4 Å². The number of urea groups is 1. The zero-order valence-electron chi connectivity index (χ0n) is 29.2. The number of benzene rings is 2. The molecule has 0 radical (unpaired) electrons. The predicted molar refractivity (Wildman–Crippen MR) is 186 cm³/mol. The Labute approximate surface area is 292 Å². The van der Waals surface area contributed by atoms with Crippen LogP contribution in [0.4, 0.5) is 9.59 Å². The molecule has 0 saturated carbocycles. The van der Waals surface area contributed by atoms with Crippen molar-refractivity contribution in [2.24, 2.45) is 5.92 Å². The average molecular weight is 689 g/mol. The third-order valence-electron chi connectivity index (χ3n) is 8.14. The van der Waals surface area contributed by atoms with Crippen LogP contribution in [0.2, 0.25) is 0 Å². The molecule has 13 nitrogen and oxygen atoms in total. The molecule has 0 aliphatic heterocycles. The second kappa shape index (κ2) is 18.6. The summed E-state index contributed by atoms with van der Waals surface area (Å²) in [4.78, 5) is 45.8. The van der Waals surface area contributed by atoms with E-state index in [2.05, 4.69) is 26.1 Å². The molecule has 0 saturated heterocycles. The number of nitrogens with zero attached hydrogens (tertiary/aromatic N) is 3. The van der Waals surface area contributed by atoms with Gasteiger partial charge in [-0.1, -0.05) is 93.5 Å². The van der Waals surface area contributed by atoms with Crippen molar-refractivity contribution in [2.75, 3.05) is 7.05 Å². The Morgan fingerprint density at radius 2 is 1.56 bits per heavy atom. The topological polar surface area (TPSA) is 172 Å². The summed E-state index contributed by atoms with van der Waals surface area (Å²) in [7, 11) is 1.62. The van der Waals surface area contributed by atoms with E-state index in [1.165, 1.54) is 17.4 Å². The maximum atomic E-state index is 13.8. The molecule has 0 aliphatic carbocycles. The zero-order valence-corrected chi connectivity index (χ0v) is 29.2. The van der Waals surface area contributed by atoms with E-state index in [9.17, 15) is 19.5 Å². The van der Waals surface area contributed by atoms with E-state index >= 15 is 0 Å². The van der Waals surface area contributed by atoms with Gasteiger partial charge in [-0.05, 0) is 36.3 Å². The molecule has 0 bridgehead atoms. The lowest BCUT2D eigenvalue weighted by Crippen LogP contribution is -2.55. The molecule has 2 heterocycles. The number of aromatic nitrogens is 2. The summed E-state index contributed by atoms with van der Waals surface area (Å²) < 4.78 is 15.8. The number of carbonyl (C=O) groups is 3. The van der Waals surface area contributed by atoms with Crippen LogP contribution in [0, 0.1) is 5.92 Å². The smallest absolute Gasteiger partial charge is 0.407 e. The van der Waals surface area contributed by atoms with Crippen molar-refractivity contribution in [2.45, 2.75) is 90.3 Å². The first-order chi connectivity index (χ1) is 24.0. The lowest BCUT2D eigenvalue weighted by molar-refractivity contribution is -0.124. The SMILES string of the molecule is CC(C)c1nc(CN(C)C(=O)N[C@H](C(=O)N[C@@H](Cc2ccccc2)C[C@H](O)[C@H](Cc2ccccc2)NC(=O)OCc2ccno2)C(C)C)co1. The van der Waals surface area contributed by atoms with E-state index in [4.69, 9.17) is 13.7 Å². The van der Waals surface area contributed by atoms with Crippen LogP contribution in [0.5, 0.6) is 0 Å². The largest absolute Gasteiger partial charge is 0.448 e. The van der Waals surface area contributed by atoms with E-state index in [1.807, 2.05) is 88.4 Å². The minimum atomic E-state index is -1.08. The van der Waals surface area contributed by atoms with Gasteiger partial charge >= 0.3 is 12.1 Å². The van der Waals surface area contributed by atoms with Crippen LogP contribution in [0.3, 0.4) is 0 Å². The highest BCUT2D eigenvalue weighted by molar-refractivity contribution is 5.87. The first kappa shape index (κ1) is 37.6. The fourth-order valence-electron chi connectivity index (χ4n) is 5.39. The number of ether oxygens (including phenoxy) is 1. The van der Waals surface area contributed by atoms with Crippen molar-refractivity contribution >= 4 is 18.0 Å². The quantitative estimate of drug-likeness (QED) is 0.120. The molecule has 4 aromatic rings. The Morgan fingerprint density at radius 1 is 0.900 bits per heavy atom. The number of alkyl carbamates (subject to hydrolysis) is 1. The predicted octanol–water partition coefficient (Wildman–Crippen LogP) is 4.97. The van der Waals surface area contributed by atoms with Gasteiger partial charge < -0.3 is 39.6 Å². The fourth-order valence-corrected chi connectivity index (χ4v) is 5.39. The summed E-state index contributed by atoms with van der Waals surface area (Å²) >= 11 is 0. The summed E-state index contributed by atoms with van der Waals surface area (Å²) in [5.74, 6) is 0.438. The number of oxazole rings is 1. The van der Waals surface area contributed by atoms with Crippen LogP contribution in [0.25, 0.3) is 0 Å². The van der Waals surface area contributed by atoms with Gasteiger partial charge in [0.1, 0.15) is 12.3 Å². The van der Waals surface area contributed by atoms with Crippen molar-refractivity contribution in [3.05, 3.63) is 108 Å². The number of nitrogens with one attached hydrogen (secondary N) is 3. The van der Waals surface area contributed by atoms with E-state index in [1.54, 1.807) is 13.1 Å².